The van der Waals surface area contributed by atoms with E-state index in [4.69, 9.17) is 16.6 Å². The summed E-state index contributed by atoms with van der Waals surface area (Å²) < 4.78 is 42.8. The number of likely N-dealkylation sites (tertiary alicyclic amines) is 1. The summed E-state index contributed by atoms with van der Waals surface area (Å²) in [7, 11) is 0. The average Bonchev–Trinajstić information content (AvgIpc) is 3.59. The summed E-state index contributed by atoms with van der Waals surface area (Å²) in [5.41, 5.74) is 13.1. The Morgan fingerprint density at radius 2 is 2.05 bits per heavy atom. The lowest BCUT2D eigenvalue weighted by atomic mass is 9.65. The van der Waals surface area contributed by atoms with Crippen LogP contribution < -0.4 is 11.5 Å². The second-order valence-corrected chi connectivity index (χ2v) is 10.5. The fourth-order valence-corrected chi connectivity index (χ4v) is 5.78. The first-order valence-electron chi connectivity index (χ1n) is 12.7. The minimum Gasteiger partial charge on any atom is -0.384 e. The number of amides is 1. The minimum absolute atomic E-state index is 0.0128. The molecular formula is C27H30F3N7O2. The highest BCUT2D eigenvalue weighted by molar-refractivity contribution is 5.93. The van der Waals surface area contributed by atoms with E-state index < -0.39 is 24.0 Å². The van der Waals surface area contributed by atoms with Crippen molar-refractivity contribution in [2.75, 3.05) is 18.8 Å². The molecule has 2 fully saturated rings. The molecule has 1 aliphatic heterocycles. The maximum Gasteiger partial charge on any atom is 0.416 e. The van der Waals surface area contributed by atoms with Gasteiger partial charge in [0.25, 0.3) is 5.91 Å². The number of aliphatic hydroxyl groups excluding tert-OH is 1. The zero-order chi connectivity index (χ0) is 28.1. The van der Waals surface area contributed by atoms with E-state index in [1.54, 1.807) is 35.7 Å². The Kier molecular flexibility index (Phi) is 6.68. The molecule has 5 N–H and O–H groups in total. The van der Waals surface area contributed by atoms with Crippen LogP contribution in [0.15, 0.2) is 36.7 Å². The summed E-state index contributed by atoms with van der Waals surface area (Å²) in [6, 6.07) is 4.59. The number of alkyl halides is 3. The zero-order valence-electron chi connectivity index (χ0n) is 21.6. The van der Waals surface area contributed by atoms with Gasteiger partial charge in [0, 0.05) is 24.8 Å². The summed E-state index contributed by atoms with van der Waals surface area (Å²) in [4.78, 5) is 14.0. The van der Waals surface area contributed by atoms with Crippen LogP contribution in [0, 0.1) is 17.3 Å². The Hall–Kier alpha value is -3.82. The molecule has 12 heteroatoms. The number of aromatic nitrogens is 4. The maximum atomic E-state index is 13.2. The molecule has 3 heterocycles. The maximum absolute atomic E-state index is 13.2. The monoisotopic (exact) mass is 541 g/mol. The van der Waals surface area contributed by atoms with Crippen LogP contribution in [-0.2, 0) is 11.0 Å². The van der Waals surface area contributed by atoms with Gasteiger partial charge in [-0.2, -0.15) is 23.4 Å². The number of benzene rings is 1. The van der Waals surface area contributed by atoms with Gasteiger partial charge in [-0.1, -0.05) is 18.1 Å². The number of nitrogens with zero attached hydrogens (tertiary/aromatic N) is 5. The number of carbonyl (C=O) groups excluding carboxylic acids is 1. The molecule has 2 aliphatic rings. The SMILES string of the molecule is CC#CC(=O)N1CC[C@]2(C1)C[C@H](n1nc(-c3cnn([C@H](C)c4cccc(C(F)(F)F)c4)c3)c(C(N)O)c1N)C2. The normalized spacial score (nSPS) is 22.3. The van der Waals surface area contributed by atoms with Crippen molar-refractivity contribution < 1.29 is 23.1 Å². The molecular weight excluding hydrogens is 511 g/mol. The van der Waals surface area contributed by atoms with Crippen LogP contribution >= 0.6 is 0 Å². The van der Waals surface area contributed by atoms with Gasteiger partial charge in [-0.3, -0.25) is 9.48 Å². The standard InChI is InChI=1S/C27H30F3N7O2/c1-3-5-21(38)35-9-8-26(15-35)11-20(12-26)37-24(31)22(25(32)39)23(34-37)18-13-33-36(14-18)16(2)17-6-4-7-19(10-17)27(28,29)30/h4,6-7,10,13-14,16,20,25,39H,8-9,11-12,15,31-32H2,1-2H3/t16-,20-,25?,26-/m1/s1. The molecule has 1 saturated heterocycles. The van der Waals surface area contributed by atoms with Crippen LogP contribution in [0.25, 0.3) is 11.3 Å². The molecule has 5 rings (SSSR count). The first kappa shape index (κ1) is 26.8. The fraction of sp³-hybridized carbons (Fsp3) is 0.444. The number of halogens is 3. The van der Waals surface area contributed by atoms with E-state index in [1.807, 2.05) is 0 Å². The van der Waals surface area contributed by atoms with E-state index >= 15 is 0 Å². The number of carbonyl (C=O) groups is 1. The molecule has 2 atom stereocenters. The van der Waals surface area contributed by atoms with Crippen molar-refractivity contribution >= 4 is 11.7 Å². The van der Waals surface area contributed by atoms with Crippen molar-refractivity contribution in [1.82, 2.24) is 24.5 Å². The molecule has 1 spiro atoms. The Labute approximate surface area is 223 Å². The van der Waals surface area contributed by atoms with E-state index in [2.05, 4.69) is 16.9 Å². The lowest BCUT2D eigenvalue weighted by molar-refractivity contribution is -0.137. The van der Waals surface area contributed by atoms with Crippen LogP contribution in [0.3, 0.4) is 0 Å². The number of nitrogen functional groups attached to an aromatic ring is 1. The summed E-state index contributed by atoms with van der Waals surface area (Å²) in [5, 5.41) is 19.4. The average molecular weight is 542 g/mol. The van der Waals surface area contributed by atoms with Crippen molar-refractivity contribution in [3.8, 4) is 23.1 Å². The minimum atomic E-state index is -4.45. The highest BCUT2D eigenvalue weighted by atomic mass is 19.4. The Balaban J connectivity index is 1.38. The summed E-state index contributed by atoms with van der Waals surface area (Å²) in [5.74, 6) is 5.34. The predicted molar refractivity (Wildman–Crippen MR) is 138 cm³/mol. The molecule has 206 valence electrons. The van der Waals surface area contributed by atoms with Crippen molar-refractivity contribution in [2.24, 2.45) is 11.1 Å². The molecule has 3 aromatic rings. The topological polar surface area (TPSA) is 128 Å². The third-order valence-corrected chi connectivity index (χ3v) is 7.89. The summed E-state index contributed by atoms with van der Waals surface area (Å²) >= 11 is 0. The van der Waals surface area contributed by atoms with Gasteiger partial charge in [-0.15, -0.1) is 0 Å². The number of nitrogens with two attached hydrogens (primary N) is 2. The van der Waals surface area contributed by atoms with Crippen LogP contribution in [0.1, 0.15) is 68.1 Å². The second kappa shape index (κ2) is 9.73. The summed E-state index contributed by atoms with van der Waals surface area (Å²) in [6.07, 6.45) is -0.237. The van der Waals surface area contributed by atoms with E-state index in [9.17, 15) is 23.1 Å². The fourth-order valence-electron chi connectivity index (χ4n) is 5.78. The molecule has 1 saturated carbocycles. The third-order valence-electron chi connectivity index (χ3n) is 7.89. The molecule has 1 aromatic carbocycles. The van der Waals surface area contributed by atoms with Crippen LogP contribution in [0.2, 0.25) is 0 Å². The number of anilines is 1. The molecule has 2 aromatic heterocycles. The van der Waals surface area contributed by atoms with Gasteiger partial charge in [-0.05, 0) is 62.1 Å². The molecule has 1 unspecified atom stereocenters. The Morgan fingerprint density at radius 3 is 2.72 bits per heavy atom. The van der Waals surface area contributed by atoms with Crippen molar-refractivity contribution in [1.29, 1.82) is 0 Å². The molecule has 1 aliphatic carbocycles. The van der Waals surface area contributed by atoms with Crippen LogP contribution in [0.5, 0.6) is 0 Å². The van der Waals surface area contributed by atoms with Gasteiger partial charge in [0.2, 0.25) is 0 Å². The predicted octanol–water partition coefficient (Wildman–Crippen LogP) is 3.48. The van der Waals surface area contributed by atoms with Gasteiger partial charge < -0.3 is 21.5 Å². The van der Waals surface area contributed by atoms with Crippen LogP contribution in [-0.4, -0.2) is 48.6 Å². The third kappa shape index (κ3) is 4.88. The number of rotatable bonds is 5. The Morgan fingerprint density at radius 1 is 1.31 bits per heavy atom. The van der Waals surface area contributed by atoms with E-state index in [0.717, 1.165) is 31.4 Å². The lowest BCUT2D eigenvalue weighted by Gasteiger charge is -2.45. The molecule has 0 bridgehead atoms. The first-order valence-corrected chi connectivity index (χ1v) is 12.7. The smallest absolute Gasteiger partial charge is 0.384 e. The molecule has 9 nitrogen and oxygen atoms in total. The van der Waals surface area contributed by atoms with Crippen molar-refractivity contribution in [2.45, 2.75) is 57.6 Å². The van der Waals surface area contributed by atoms with Crippen molar-refractivity contribution in [3.63, 3.8) is 0 Å². The van der Waals surface area contributed by atoms with Crippen LogP contribution in [0.4, 0.5) is 19.0 Å². The Bertz CT molecular complexity index is 1460. The quantitative estimate of drug-likeness (QED) is 0.335. The van der Waals surface area contributed by atoms with Gasteiger partial charge in [0.1, 0.15) is 17.7 Å². The van der Waals surface area contributed by atoms with E-state index in [0.29, 0.717) is 29.9 Å². The van der Waals surface area contributed by atoms with Gasteiger partial charge in [-0.25, -0.2) is 4.68 Å². The lowest BCUT2D eigenvalue weighted by Crippen LogP contribution is -2.42. The van der Waals surface area contributed by atoms with E-state index in [-0.39, 0.29) is 28.7 Å². The molecule has 0 radical (unpaired) electrons. The number of hydrogen-bond donors (Lipinski definition) is 3. The molecule has 1 amide bonds. The number of hydrogen-bond acceptors (Lipinski definition) is 6. The zero-order valence-corrected chi connectivity index (χ0v) is 21.6. The van der Waals surface area contributed by atoms with Gasteiger partial charge in [0.15, 0.2) is 0 Å². The van der Waals surface area contributed by atoms with Crippen molar-refractivity contribution in [3.05, 3.63) is 53.3 Å². The number of aliphatic hydroxyl groups is 1. The largest absolute Gasteiger partial charge is 0.416 e. The first-order chi connectivity index (χ1) is 18.4. The highest BCUT2D eigenvalue weighted by Gasteiger charge is 2.51. The second-order valence-electron chi connectivity index (χ2n) is 10.5. The van der Waals surface area contributed by atoms with Gasteiger partial charge >= 0.3 is 6.18 Å². The van der Waals surface area contributed by atoms with E-state index in [1.165, 1.54) is 16.9 Å². The van der Waals surface area contributed by atoms with Gasteiger partial charge in [0.05, 0.1) is 29.4 Å². The molecule has 39 heavy (non-hydrogen) atoms. The summed E-state index contributed by atoms with van der Waals surface area (Å²) in [6.45, 7) is 4.68. The highest BCUT2D eigenvalue weighted by Crippen LogP contribution is 2.55.